The molecule has 1 unspecified atom stereocenters. The number of anilines is 2. The Hall–Kier alpha value is -1.47. The summed E-state index contributed by atoms with van der Waals surface area (Å²) in [5.74, 6) is -2.09. The van der Waals surface area contributed by atoms with Gasteiger partial charge in [-0.05, 0) is 0 Å². The first-order valence-electron chi connectivity index (χ1n) is 5.20. The lowest BCUT2D eigenvalue weighted by Gasteiger charge is -2.35. The Morgan fingerprint density at radius 3 is 3.00 bits per heavy atom. The number of rotatable bonds is 2. The summed E-state index contributed by atoms with van der Waals surface area (Å²) in [6, 6.07) is 0.303. The Balaban J connectivity index is 2.34. The maximum atomic E-state index is 13.6. The molecule has 0 saturated carbocycles. The highest BCUT2D eigenvalue weighted by atomic mass is 19.1. The highest BCUT2D eigenvalue weighted by Crippen LogP contribution is 2.23. The van der Waals surface area contributed by atoms with E-state index in [1.54, 1.807) is 0 Å². The van der Waals surface area contributed by atoms with Crippen LogP contribution >= 0.6 is 0 Å². The van der Waals surface area contributed by atoms with Crippen LogP contribution in [0, 0.1) is 11.6 Å². The largest absolute Gasteiger partial charge is 0.394 e. The maximum absolute atomic E-state index is 13.6. The Bertz CT molecular complexity index is 417. The van der Waals surface area contributed by atoms with Gasteiger partial charge in [0.25, 0.3) is 0 Å². The van der Waals surface area contributed by atoms with Crippen molar-refractivity contribution in [3.63, 3.8) is 0 Å². The van der Waals surface area contributed by atoms with Gasteiger partial charge in [-0.1, -0.05) is 0 Å². The van der Waals surface area contributed by atoms with Crippen LogP contribution in [0.15, 0.2) is 6.07 Å². The number of aromatic nitrogens is 1. The fraction of sp³-hybridized carbons (Fsp3) is 0.500. The third kappa shape index (κ3) is 2.29. The molecule has 0 bridgehead atoms. The standard InChI is InChI=1S/C10H13F2N3O2/c11-7-3-8(12)10(14-9(7)13)15-1-2-17-5-6(15)4-16/h3,6,16H,1-2,4-5H2,(H2,13,14). The highest BCUT2D eigenvalue weighted by molar-refractivity contribution is 5.48. The molecule has 2 rings (SSSR count). The fourth-order valence-corrected chi connectivity index (χ4v) is 1.76. The summed E-state index contributed by atoms with van der Waals surface area (Å²) in [6.45, 7) is 0.850. The lowest BCUT2D eigenvalue weighted by molar-refractivity contribution is 0.0719. The number of pyridine rings is 1. The molecule has 0 aromatic carbocycles. The van der Waals surface area contributed by atoms with Crippen molar-refractivity contribution in [1.82, 2.24) is 4.98 Å². The van der Waals surface area contributed by atoms with E-state index >= 15 is 0 Å². The van der Waals surface area contributed by atoms with E-state index < -0.39 is 17.7 Å². The van der Waals surface area contributed by atoms with Crippen LogP contribution in [0.5, 0.6) is 0 Å². The summed E-state index contributed by atoms with van der Waals surface area (Å²) < 4.78 is 31.7. The zero-order chi connectivity index (χ0) is 12.4. The quantitative estimate of drug-likeness (QED) is 0.775. The van der Waals surface area contributed by atoms with Crippen LogP contribution in [-0.2, 0) is 4.74 Å². The first-order chi connectivity index (χ1) is 8.13. The molecule has 1 aliphatic heterocycles. The van der Waals surface area contributed by atoms with Crippen LogP contribution in [-0.4, -0.2) is 42.5 Å². The summed E-state index contributed by atoms with van der Waals surface area (Å²) in [7, 11) is 0. The number of aliphatic hydroxyl groups is 1. The van der Waals surface area contributed by atoms with Gasteiger partial charge in [-0.15, -0.1) is 0 Å². The number of nitrogen functional groups attached to an aromatic ring is 1. The number of ether oxygens (including phenoxy) is 1. The van der Waals surface area contributed by atoms with Gasteiger partial charge in [0, 0.05) is 12.6 Å². The molecular weight excluding hydrogens is 232 g/mol. The molecule has 3 N–H and O–H groups in total. The summed E-state index contributed by atoms with van der Waals surface area (Å²) >= 11 is 0. The molecule has 0 amide bonds. The lowest BCUT2D eigenvalue weighted by Crippen LogP contribution is -2.48. The number of morpholine rings is 1. The SMILES string of the molecule is Nc1nc(N2CCOCC2CO)c(F)cc1F. The van der Waals surface area contributed by atoms with Crippen molar-refractivity contribution in [3.8, 4) is 0 Å². The van der Waals surface area contributed by atoms with Crippen LogP contribution < -0.4 is 10.6 Å². The average molecular weight is 245 g/mol. The first-order valence-corrected chi connectivity index (χ1v) is 5.20. The molecule has 0 radical (unpaired) electrons. The van der Waals surface area contributed by atoms with Crippen LogP contribution in [0.4, 0.5) is 20.4 Å². The first kappa shape index (κ1) is 12.0. The Morgan fingerprint density at radius 1 is 1.53 bits per heavy atom. The van der Waals surface area contributed by atoms with Crippen molar-refractivity contribution in [2.45, 2.75) is 6.04 Å². The molecule has 1 aromatic rings. The van der Waals surface area contributed by atoms with Crippen molar-refractivity contribution in [2.24, 2.45) is 0 Å². The zero-order valence-corrected chi connectivity index (χ0v) is 9.07. The number of halogens is 2. The van der Waals surface area contributed by atoms with Gasteiger partial charge in [-0.3, -0.25) is 0 Å². The Morgan fingerprint density at radius 2 is 2.29 bits per heavy atom. The van der Waals surface area contributed by atoms with Gasteiger partial charge in [-0.2, -0.15) is 0 Å². The molecule has 1 aliphatic rings. The second-order valence-electron chi connectivity index (χ2n) is 3.77. The van der Waals surface area contributed by atoms with E-state index in [1.165, 1.54) is 4.90 Å². The van der Waals surface area contributed by atoms with Crippen molar-refractivity contribution in [1.29, 1.82) is 0 Å². The minimum Gasteiger partial charge on any atom is -0.394 e. The monoisotopic (exact) mass is 245 g/mol. The number of nitrogens with zero attached hydrogens (tertiary/aromatic N) is 2. The van der Waals surface area contributed by atoms with Crippen molar-refractivity contribution in [3.05, 3.63) is 17.7 Å². The third-order valence-corrected chi connectivity index (χ3v) is 2.65. The molecule has 1 saturated heterocycles. The van der Waals surface area contributed by atoms with Crippen LogP contribution in [0.3, 0.4) is 0 Å². The normalized spacial score (nSPS) is 20.6. The highest BCUT2D eigenvalue weighted by Gasteiger charge is 2.26. The molecule has 2 heterocycles. The molecule has 17 heavy (non-hydrogen) atoms. The Labute approximate surface area is 96.8 Å². The minimum atomic E-state index is -0.889. The van der Waals surface area contributed by atoms with E-state index in [1.807, 2.05) is 0 Å². The van der Waals surface area contributed by atoms with Gasteiger partial charge in [0.1, 0.15) is 0 Å². The molecule has 1 atom stereocenters. The maximum Gasteiger partial charge on any atom is 0.168 e. The predicted molar refractivity (Wildman–Crippen MR) is 57.6 cm³/mol. The van der Waals surface area contributed by atoms with E-state index in [9.17, 15) is 8.78 Å². The molecule has 94 valence electrons. The van der Waals surface area contributed by atoms with E-state index in [4.69, 9.17) is 15.6 Å². The van der Waals surface area contributed by atoms with E-state index in [2.05, 4.69) is 4.98 Å². The second kappa shape index (κ2) is 4.80. The molecule has 7 heteroatoms. The molecule has 1 aromatic heterocycles. The molecular formula is C10H13F2N3O2. The van der Waals surface area contributed by atoms with Crippen molar-refractivity contribution >= 4 is 11.6 Å². The van der Waals surface area contributed by atoms with Gasteiger partial charge >= 0.3 is 0 Å². The smallest absolute Gasteiger partial charge is 0.168 e. The summed E-state index contributed by atoms with van der Waals surface area (Å²) in [5.41, 5.74) is 5.31. The number of hydrogen-bond donors (Lipinski definition) is 2. The van der Waals surface area contributed by atoms with Gasteiger partial charge < -0.3 is 20.5 Å². The molecule has 1 fully saturated rings. The summed E-state index contributed by atoms with van der Waals surface area (Å²) in [6.07, 6.45) is 0. The predicted octanol–water partition coefficient (Wildman–Crippen LogP) is 0.139. The van der Waals surface area contributed by atoms with E-state index in [0.29, 0.717) is 19.2 Å². The fourth-order valence-electron chi connectivity index (χ4n) is 1.76. The Kier molecular flexibility index (Phi) is 3.39. The number of hydrogen-bond acceptors (Lipinski definition) is 5. The summed E-state index contributed by atoms with van der Waals surface area (Å²) in [4.78, 5) is 5.22. The van der Waals surface area contributed by atoms with E-state index in [-0.39, 0.29) is 24.8 Å². The molecule has 5 nitrogen and oxygen atoms in total. The second-order valence-corrected chi connectivity index (χ2v) is 3.77. The topological polar surface area (TPSA) is 71.6 Å². The van der Waals surface area contributed by atoms with Crippen molar-refractivity contribution < 1.29 is 18.6 Å². The number of nitrogens with two attached hydrogens (primary N) is 1. The summed E-state index contributed by atoms with van der Waals surface area (Å²) in [5, 5.41) is 9.16. The van der Waals surface area contributed by atoms with Crippen molar-refractivity contribution in [2.75, 3.05) is 37.0 Å². The van der Waals surface area contributed by atoms with Gasteiger partial charge in [0.15, 0.2) is 23.3 Å². The van der Waals surface area contributed by atoms with Crippen LogP contribution in [0.25, 0.3) is 0 Å². The van der Waals surface area contributed by atoms with Crippen LogP contribution in [0.2, 0.25) is 0 Å². The van der Waals surface area contributed by atoms with E-state index in [0.717, 1.165) is 0 Å². The van der Waals surface area contributed by atoms with Gasteiger partial charge in [0.2, 0.25) is 0 Å². The molecule has 0 aliphatic carbocycles. The minimum absolute atomic E-state index is 0.0498. The van der Waals surface area contributed by atoms with Crippen LogP contribution in [0.1, 0.15) is 0 Å². The van der Waals surface area contributed by atoms with Gasteiger partial charge in [-0.25, -0.2) is 13.8 Å². The third-order valence-electron chi connectivity index (χ3n) is 2.65. The van der Waals surface area contributed by atoms with Gasteiger partial charge in [0.05, 0.1) is 25.9 Å². The average Bonchev–Trinajstić information content (AvgIpc) is 2.34. The zero-order valence-electron chi connectivity index (χ0n) is 9.07. The molecule has 0 spiro atoms. The lowest BCUT2D eigenvalue weighted by atomic mass is 10.2. The number of aliphatic hydroxyl groups excluding tert-OH is 1.